The van der Waals surface area contributed by atoms with Crippen molar-refractivity contribution in [2.24, 2.45) is 0 Å². The lowest BCUT2D eigenvalue weighted by Gasteiger charge is -2.00. The Kier molecular flexibility index (Phi) is 2.71. The Morgan fingerprint density at radius 3 is 2.31 bits per heavy atom. The molecule has 0 aliphatic heterocycles. The second-order valence-corrected chi connectivity index (χ2v) is 5.28. The molecule has 0 atom stereocenters. The van der Waals surface area contributed by atoms with Gasteiger partial charge >= 0.3 is 0 Å². The number of nitrogens with two attached hydrogens (primary N) is 1. The second-order valence-electron chi connectivity index (χ2n) is 3.99. The summed E-state index contributed by atoms with van der Waals surface area (Å²) in [6.07, 6.45) is 0. The van der Waals surface area contributed by atoms with Crippen LogP contribution in [-0.2, 0) is 6.54 Å². The molecule has 0 aliphatic carbocycles. The van der Waals surface area contributed by atoms with E-state index in [9.17, 15) is 0 Å². The summed E-state index contributed by atoms with van der Waals surface area (Å²) in [4.78, 5) is 5.77. The molecular weight excluding hydrogens is 220 g/mol. The summed E-state index contributed by atoms with van der Waals surface area (Å²) in [7, 11) is 0. The van der Waals surface area contributed by atoms with Gasteiger partial charge in [-0.3, -0.25) is 4.68 Å². The van der Waals surface area contributed by atoms with Crippen molar-refractivity contribution in [1.82, 2.24) is 14.8 Å². The lowest BCUT2D eigenvalue weighted by Crippen LogP contribution is -2.04. The number of aryl methyl sites for hydroxylation is 3. The molecule has 0 spiro atoms. The highest BCUT2D eigenvalue weighted by Gasteiger charge is 2.10. The van der Waals surface area contributed by atoms with Crippen molar-refractivity contribution in [2.45, 2.75) is 34.2 Å². The summed E-state index contributed by atoms with van der Waals surface area (Å²) in [5.74, 6) is 0. The van der Waals surface area contributed by atoms with Gasteiger partial charge in [0.15, 0.2) is 0 Å². The maximum atomic E-state index is 5.89. The average Bonchev–Trinajstić information content (AvgIpc) is 2.64. The average molecular weight is 236 g/mol. The van der Waals surface area contributed by atoms with Crippen LogP contribution in [0.25, 0.3) is 0 Å². The molecule has 86 valence electrons. The minimum absolute atomic E-state index is 0.712. The molecule has 5 heteroatoms. The van der Waals surface area contributed by atoms with E-state index in [1.807, 2.05) is 25.5 Å². The van der Waals surface area contributed by atoms with Crippen LogP contribution in [0.2, 0.25) is 0 Å². The summed E-state index contributed by atoms with van der Waals surface area (Å²) in [6.45, 7) is 8.75. The van der Waals surface area contributed by atoms with E-state index in [0.717, 1.165) is 27.8 Å². The van der Waals surface area contributed by atoms with Crippen LogP contribution in [0.15, 0.2) is 0 Å². The molecule has 2 heterocycles. The standard InChI is InChI=1S/C11H16N4S/c1-6-9(4)16-10(13-6)5-15-8(3)11(12)7(2)14-15/h5,12H2,1-4H3. The molecule has 0 aromatic carbocycles. The summed E-state index contributed by atoms with van der Waals surface area (Å²) >= 11 is 1.72. The van der Waals surface area contributed by atoms with Crippen LogP contribution in [0.4, 0.5) is 5.69 Å². The smallest absolute Gasteiger partial charge is 0.115 e. The molecule has 2 rings (SSSR count). The van der Waals surface area contributed by atoms with E-state index in [4.69, 9.17) is 5.73 Å². The van der Waals surface area contributed by atoms with Gasteiger partial charge in [-0.05, 0) is 27.7 Å². The van der Waals surface area contributed by atoms with Crippen molar-refractivity contribution in [2.75, 3.05) is 5.73 Å². The molecule has 4 nitrogen and oxygen atoms in total. The maximum Gasteiger partial charge on any atom is 0.115 e. The Labute approximate surface area is 99.1 Å². The third-order valence-corrected chi connectivity index (χ3v) is 3.85. The Bertz CT molecular complexity index is 505. The van der Waals surface area contributed by atoms with Gasteiger partial charge in [-0.2, -0.15) is 5.10 Å². The van der Waals surface area contributed by atoms with E-state index in [0.29, 0.717) is 6.54 Å². The van der Waals surface area contributed by atoms with Crippen LogP contribution in [0.5, 0.6) is 0 Å². The summed E-state index contributed by atoms with van der Waals surface area (Å²) in [5.41, 5.74) is 9.69. The molecule has 0 radical (unpaired) electrons. The first-order chi connectivity index (χ1) is 7.49. The third kappa shape index (κ3) is 1.82. The van der Waals surface area contributed by atoms with Gasteiger partial charge in [0.05, 0.1) is 29.3 Å². The van der Waals surface area contributed by atoms with E-state index in [1.165, 1.54) is 4.88 Å². The van der Waals surface area contributed by atoms with Crippen molar-refractivity contribution in [3.8, 4) is 0 Å². The van der Waals surface area contributed by atoms with E-state index < -0.39 is 0 Å². The molecule has 0 aliphatic rings. The van der Waals surface area contributed by atoms with Crippen molar-refractivity contribution in [1.29, 1.82) is 0 Å². The number of hydrogen-bond acceptors (Lipinski definition) is 4. The molecule has 2 N–H and O–H groups in total. The monoisotopic (exact) mass is 236 g/mol. The van der Waals surface area contributed by atoms with Gasteiger partial charge in [-0.15, -0.1) is 11.3 Å². The molecule has 0 amide bonds. The first kappa shape index (κ1) is 11.1. The van der Waals surface area contributed by atoms with E-state index in [1.54, 1.807) is 11.3 Å². The minimum atomic E-state index is 0.712. The predicted octanol–water partition coefficient (Wildman–Crippen LogP) is 2.20. The Morgan fingerprint density at radius 1 is 1.19 bits per heavy atom. The molecule has 2 aromatic rings. The quantitative estimate of drug-likeness (QED) is 0.869. The number of anilines is 1. The van der Waals surface area contributed by atoms with E-state index in [-0.39, 0.29) is 0 Å². The van der Waals surface area contributed by atoms with Gasteiger partial charge in [-0.25, -0.2) is 4.98 Å². The van der Waals surface area contributed by atoms with Crippen molar-refractivity contribution in [3.63, 3.8) is 0 Å². The fourth-order valence-corrected chi connectivity index (χ4v) is 2.52. The Balaban J connectivity index is 2.30. The van der Waals surface area contributed by atoms with Gasteiger partial charge < -0.3 is 5.73 Å². The van der Waals surface area contributed by atoms with Crippen LogP contribution in [0, 0.1) is 27.7 Å². The van der Waals surface area contributed by atoms with Crippen LogP contribution >= 0.6 is 11.3 Å². The van der Waals surface area contributed by atoms with Crippen molar-refractivity contribution >= 4 is 17.0 Å². The molecule has 0 saturated carbocycles. The zero-order valence-electron chi connectivity index (χ0n) is 10.0. The van der Waals surface area contributed by atoms with E-state index >= 15 is 0 Å². The lowest BCUT2D eigenvalue weighted by atomic mass is 10.3. The number of nitrogens with zero attached hydrogens (tertiary/aromatic N) is 3. The fourth-order valence-electron chi connectivity index (χ4n) is 1.60. The molecule has 0 bridgehead atoms. The molecule has 16 heavy (non-hydrogen) atoms. The first-order valence-electron chi connectivity index (χ1n) is 5.21. The van der Waals surface area contributed by atoms with E-state index in [2.05, 4.69) is 17.0 Å². The van der Waals surface area contributed by atoms with Crippen molar-refractivity contribution < 1.29 is 0 Å². The molecule has 2 aromatic heterocycles. The van der Waals surface area contributed by atoms with Crippen molar-refractivity contribution in [3.05, 3.63) is 27.0 Å². The number of hydrogen-bond donors (Lipinski definition) is 1. The molecule has 0 saturated heterocycles. The summed E-state index contributed by atoms with van der Waals surface area (Å²) < 4.78 is 1.92. The zero-order chi connectivity index (χ0) is 11.9. The van der Waals surface area contributed by atoms with Crippen LogP contribution in [0.3, 0.4) is 0 Å². The van der Waals surface area contributed by atoms with Crippen LogP contribution in [0.1, 0.15) is 27.0 Å². The number of nitrogen functional groups attached to an aromatic ring is 1. The highest BCUT2D eigenvalue weighted by Crippen LogP contribution is 2.20. The normalized spacial score (nSPS) is 11.0. The van der Waals surface area contributed by atoms with Gasteiger partial charge in [0.1, 0.15) is 5.01 Å². The molecule has 0 unspecified atom stereocenters. The highest BCUT2D eigenvalue weighted by molar-refractivity contribution is 7.11. The Hall–Kier alpha value is -1.36. The lowest BCUT2D eigenvalue weighted by molar-refractivity contribution is 0.655. The number of aromatic nitrogens is 3. The topological polar surface area (TPSA) is 56.7 Å². The second kappa shape index (κ2) is 3.90. The van der Waals surface area contributed by atoms with Crippen LogP contribution < -0.4 is 5.73 Å². The SMILES string of the molecule is Cc1nc(Cn2nc(C)c(N)c2C)sc1C. The fraction of sp³-hybridized carbons (Fsp3) is 0.455. The third-order valence-electron chi connectivity index (χ3n) is 2.80. The first-order valence-corrected chi connectivity index (χ1v) is 6.03. The van der Waals surface area contributed by atoms with Gasteiger partial charge in [0, 0.05) is 4.88 Å². The van der Waals surface area contributed by atoms with Gasteiger partial charge in [-0.1, -0.05) is 0 Å². The largest absolute Gasteiger partial charge is 0.396 e. The number of rotatable bonds is 2. The maximum absolute atomic E-state index is 5.89. The summed E-state index contributed by atoms with van der Waals surface area (Å²) in [5, 5.41) is 5.49. The predicted molar refractivity (Wildman–Crippen MR) is 66.8 cm³/mol. The highest BCUT2D eigenvalue weighted by atomic mass is 32.1. The zero-order valence-corrected chi connectivity index (χ0v) is 10.9. The summed E-state index contributed by atoms with van der Waals surface area (Å²) in [6, 6.07) is 0. The molecular formula is C11H16N4S. The minimum Gasteiger partial charge on any atom is -0.396 e. The molecule has 0 fully saturated rings. The van der Waals surface area contributed by atoms with Gasteiger partial charge in [0.25, 0.3) is 0 Å². The number of thiazole rings is 1. The van der Waals surface area contributed by atoms with Crippen LogP contribution in [-0.4, -0.2) is 14.8 Å². The van der Waals surface area contributed by atoms with Gasteiger partial charge in [0.2, 0.25) is 0 Å². The Morgan fingerprint density at radius 2 is 1.88 bits per heavy atom.